The van der Waals surface area contributed by atoms with E-state index in [4.69, 9.17) is 0 Å². The van der Waals surface area contributed by atoms with Crippen molar-refractivity contribution in [3.63, 3.8) is 0 Å². The zero-order valence-electron chi connectivity index (χ0n) is 16.6. The fourth-order valence-electron chi connectivity index (χ4n) is 5.03. The van der Waals surface area contributed by atoms with E-state index in [2.05, 4.69) is 17.7 Å². The van der Waals surface area contributed by atoms with E-state index in [1.54, 1.807) is 12.1 Å². The number of unbranched alkanes of at least 4 members (excludes halogenated alkanes) is 2. The summed E-state index contributed by atoms with van der Waals surface area (Å²) in [5, 5.41) is 0. The molecule has 1 fully saturated rings. The van der Waals surface area contributed by atoms with Crippen molar-refractivity contribution in [1.82, 2.24) is 0 Å². The minimum atomic E-state index is -2.76. The Morgan fingerprint density at radius 1 is 0.963 bits per heavy atom. The smallest absolute Gasteiger partial charge is 0.387 e. The van der Waals surface area contributed by atoms with Crippen LogP contribution in [0.3, 0.4) is 0 Å². The van der Waals surface area contributed by atoms with Gasteiger partial charge in [-0.15, -0.1) is 0 Å². The third kappa shape index (κ3) is 6.05. The van der Waals surface area contributed by atoms with E-state index in [0.29, 0.717) is 0 Å². The summed E-state index contributed by atoms with van der Waals surface area (Å²) >= 11 is 0. The van der Waals surface area contributed by atoms with Crippen LogP contribution in [0, 0.1) is 17.8 Å². The second-order valence-electron chi connectivity index (χ2n) is 8.44. The quantitative estimate of drug-likeness (QED) is 0.420. The maximum atomic E-state index is 12.3. The third-order valence-electron chi connectivity index (χ3n) is 6.68. The van der Waals surface area contributed by atoms with Crippen LogP contribution in [0.25, 0.3) is 5.57 Å². The minimum absolute atomic E-state index is 0.235. The van der Waals surface area contributed by atoms with Gasteiger partial charge in [0.25, 0.3) is 0 Å². The highest BCUT2D eigenvalue weighted by Gasteiger charge is 2.28. The molecular weight excluding hydrogens is 342 g/mol. The van der Waals surface area contributed by atoms with Crippen LogP contribution in [0.1, 0.15) is 83.1 Å². The second kappa shape index (κ2) is 10.2. The molecule has 1 aromatic carbocycles. The van der Waals surface area contributed by atoms with Gasteiger partial charge in [-0.1, -0.05) is 63.7 Å². The predicted molar refractivity (Wildman–Crippen MR) is 108 cm³/mol. The van der Waals surface area contributed by atoms with Gasteiger partial charge in [-0.05, 0) is 73.1 Å². The SMILES string of the molecule is CCCCC[C@H]1CC[C@H](C2CC=C(c3ccc(OC(F)F)cc3)CC2)CC1. The first-order valence-corrected chi connectivity index (χ1v) is 10.9. The fraction of sp³-hybridized carbons (Fsp3) is 0.667. The minimum Gasteiger partial charge on any atom is -0.435 e. The molecule has 2 aliphatic carbocycles. The van der Waals surface area contributed by atoms with Crippen LogP contribution in [-0.4, -0.2) is 6.61 Å². The molecule has 0 radical (unpaired) electrons. The molecule has 0 N–H and O–H groups in total. The van der Waals surface area contributed by atoms with E-state index in [0.717, 1.165) is 29.7 Å². The van der Waals surface area contributed by atoms with Crippen molar-refractivity contribution in [2.75, 3.05) is 0 Å². The number of hydrogen-bond donors (Lipinski definition) is 0. The van der Waals surface area contributed by atoms with Crippen molar-refractivity contribution in [3.05, 3.63) is 35.9 Å². The van der Waals surface area contributed by atoms with E-state index in [1.165, 1.54) is 69.8 Å². The molecule has 0 aromatic heterocycles. The lowest BCUT2D eigenvalue weighted by atomic mass is 9.70. The normalized spacial score (nSPS) is 26.1. The van der Waals surface area contributed by atoms with Gasteiger partial charge in [0.05, 0.1) is 0 Å². The average Bonchev–Trinajstić information content (AvgIpc) is 2.69. The van der Waals surface area contributed by atoms with Gasteiger partial charge in [0, 0.05) is 0 Å². The predicted octanol–water partition coefficient (Wildman–Crippen LogP) is 7.86. The molecule has 0 spiro atoms. The Hall–Kier alpha value is -1.38. The lowest BCUT2D eigenvalue weighted by Crippen LogP contribution is -2.23. The summed E-state index contributed by atoms with van der Waals surface area (Å²) < 4.78 is 29.0. The van der Waals surface area contributed by atoms with Gasteiger partial charge in [-0.3, -0.25) is 0 Å². The number of alkyl halides is 2. The monoisotopic (exact) mass is 376 g/mol. The topological polar surface area (TPSA) is 9.23 Å². The van der Waals surface area contributed by atoms with Crippen LogP contribution in [-0.2, 0) is 0 Å². The zero-order chi connectivity index (χ0) is 19.1. The van der Waals surface area contributed by atoms with Gasteiger partial charge < -0.3 is 4.74 Å². The molecule has 0 bridgehead atoms. The molecule has 1 saturated carbocycles. The largest absolute Gasteiger partial charge is 0.435 e. The molecule has 150 valence electrons. The molecule has 3 heteroatoms. The summed E-state index contributed by atoms with van der Waals surface area (Å²) in [6, 6.07) is 7.11. The average molecular weight is 377 g/mol. The maximum Gasteiger partial charge on any atom is 0.387 e. The Bertz CT molecular complexity index is 585. The first kappa shape index (κ1) is 20.4. The van der Waals surface area contributed by atoms with Crippen molar-refractivity contribution in [2.24, 2.45) is 17.8 Å². The fourth-order valence-corrected chi connectivity index (χ4v) is 5.03. The van der Waals surface area contributed by atoms with Crippen molar-refractivity contribution in [2.45, 2.75) is 84.2 Å². The van der Waals surface area contributed by atoms with Gasteiger partial charge in [-0.25, -0.2) is 0 Å². The number of halogens is 2. The summed E-state index contributed by atoms with van der Waals surface area (Å²) in [5.41, 5.74) is 2.51. The molecule has 0 heterocycles. The maximum absolute atomic E-state index is 12.3. The lowest BCUT2D eigenvalue weighted by molar-refractivity contribution is -0.0498. The van der Waals surface area contributed by atoms with Crippen LogP contribution in [0.4, 0.5) is 8.78 Å². The van der Waals surface area contributed by atoms with E-state index in [-0.39, 0.29) is 5.75 Å². The third-order valence-corrected chi connectivity index (χ3v) is 6.68. The van der Waals surface area contributed by atoms with Gasteiger partial charge >= 0.3 is 6.61 Å². The van der Waals surface area contributed by atoms with E-state index in [9.17, 15) is 8.78 Å². The summed E-state index contributed by atoms with van der Waals surface area (Å²) in [5.74, 6) is 2.97. The molecule has 0 amide bonds. The Labute approximate surface area is 163 Å². The highest BCUT2D eigenvalue weighted by molar-refractivity contribution is 5.66. The number of allylic oxidation sites excluding steroid dienone is 2. The number of benzene rings is 1. The van der Waals surface area contributed by atoms with Gasteiger partial charge in [-0.2, -0.15) is 8.78 Å². The van der Waals surface area contributed by atoms with Crippen LogP contribution in [0.5, 0.6) is 5.75 Å². The van der Waals surface area contributed by atoms with Crippen molar-refractivity contribution in [3.8, 4) is 5.75 Å². The number of ether oxygens (including phenoxy) is 1. The molecule has 1 nitrogen and oxygen atoms in total. The molecule has 3 rings (SSSR count). The van der Waals surface area contributed by atoms with Crippen LogP contribution in [0.15, 0.2) is 30.3 Å². The molecule has 1 atom stereocenters. The Morgan fingerprint density at radius 3 is 2.30 bits per heavy atom. The summed E-state index contributed by atoms with van der Waals surface area (Å²) in [6.45, 7) is -0.472. The van der Waals surface area contributed by atoms with Gasteiger partial charge in [0.1, 0.15) is 5.75 Å². The van der Waals surface area contributed by atoms with Crippen molar-refractivity contribution >= 4 is 5.57 Å². The molecular formula is C24H34F2O. The highest BCUT2D eigenvalue weighted by atomic mass is 19.3. The first-order valence-electron chi connectivity index (χ1n) is 10.9. The highest BCUT2D eigenvalue weighted by Crippen LogP contribution is 2.42. The van der Waals surface area contributed by atoms with Gasteiger partial charge in [0.2, 0.25) is 0 Å². The molecule has 0 saturated heterocycles. The standard InChI is InChI=1S/C24H34F2O/c1-2-3-4-5-18-6-8-19(9-7-18)20-10-12-21(13-11-20)22-14-16-23(17-15-22)27-24(25)26/h12,14-20,24H,2-11,13H2,1H3/t18-,19-,20?. The van der Waals surface area contributed by atoms with Crippen LogP contribution >= 0.6 is 0 Å². The summed E-state index contributed by atoms with van der Waals surface area (Å²) in [4.78, 5) is 0. The molecule has 1 unspecified atom stereocenters. The Morgan fingerprint density at radius 2 is 1.70 bits per heavy atom. The van der Waals surface area contributed by atoms with Crippen LogP contribution in [0.2, 0.25) is 0 Å². The lowest BCUT2D eigenvalue weighted by Gasteiger charge is -2.35. The van der Waals surface area contributed by atoms with E-state index < -0.39 is 6.61 Å². The van der Waals surface area contributed by atoms with E-state index in [1.807, 2.05) is 12.1 Å². The molecule has 0 aliphatic heterocycles. The zero-order valence-corrected chi connectivity index (χ0v) is 16.6. The second-order valence-corrected chi connectivity index (χ2v) is 8.44. The van der Waals surface area contributed by atoms with E-state index >= 15 is 0 Å². The number of rotatable bonds is 8. The molecule has 2 aliphatic rings. The van der Waals surface area contributed by atoms with Gasteiger partial charge in [0.15, 0.2) is 0 Å². The number of hydrogen-bond acceptors (Lipinski definition) is 1. The Balaban J connectivity index is 1.46. The first-order chi connectivity index (χ1) is 13.2. The van der Waals surface area contributed by atoms with Crippen molar-refractivity contribution in [1.29, 1.82) is 0 Å². The molecule has 1 aromatic rings. The van der Waals surface area contributed by atoms with Crippen molar-refractivity contribution < 1.29 is 13.5 Å². The van der Waals surface area contributed by atoms with Crippen LogP contribution < -0.4 is 4.74 Å². The molecule has 27 heavy (non-hydrogen) atoms. The Kier molecular flexibility index (Phi) is 7.72. The summed E-state index contributed by atoms with van der Waals surface area (Å²) in [6.07, 6.45) is 17.2. The summed E-state index contributed by atoms with van der Waals surface area (Å²) in [7, 11) is 0.